The van der Waals surface area contributed by atoms with Crippen LogP contribution in [0.3, 0.4) is 0 Å². The van der Waals surface area contributed by atoms with Crippen LogP contribution in [0.5, 0.6) is 0 Å². The quantitative estimate of drug-likeness (QED) is 0.201. The van der Waals surface area contributed by atoms with Gasteiger partial charge in [0.05, 0.1) is 11.5 Å². The molecule has 0 amide bonds. The molecule has 0 unspecified atom stereocenters. The number of hydrogen-bond acceptors (Lipinski definition) is 4. The van der Waals surface area contributed by atoms with Crippen LogP contribution < -0.4 is 0 Å². The van der Waals surface area contributed by atoms with Gasteiger partial charge in [-0.05, 0) is 140 Å². The molecule has 0 saturated heterocycles. The molecule has 43 heavy (non-hydrogen) atoms. The summed E-state index contributed by atoms with van der Waals surface area (Å²) in [6.07, 6.45) is 17.4. The van der Waals surface area contributed by atoms with Gasteiger partial charge in [-0.3, -0.25) is 14.6 Å². The number of carbonyl (C=O) groups is 2. The summed E-state index contributed by atoms with van der Waals surface area (Å²) in [5.74, 6) is 1.45. The fraction of sp³-hybridized carbons (Fsp3) is 0.718. The van der Waals surface area contributed by atoms with Crippen molar-refractivity contribution in [2.24, 2.45) is 50.2 Å². The zero-order valence-corrected chi connectivity index (χ0v) is 28.3. The zero-order valence-electron chi connectivity index (χ0n) is 28.3. The van der Waals surface area contributed by atoms with E-state index in [-0.39, 0.29) is 39.7 Å². The summed E-state index contributed by atoms with van der Waals surface area (Å²) in [5, 5.41) is 0. The number of Topliss-reactive ketones (excluding diaryl/α,β-unsaturated/α-hetero) is 1. The van der Waals surface area contributed by atoms with Crippen molar-refractivity contribution in [2.45, 2.75) is 126 Å². The van der Waals surface area contributed by atoms with Crippen molar-refractivity contribution in [3.05, 3.63) is 47.3 Å². The minimum atomic E-state index is -0.395. The predicted molar refractivity (Wildman–Crippen MR) is 173 cm³/mol. The molecule has 5 aliphatic rings. The van der Waals surface area contributed by atoms with E-state index in [1.165, 1.54) is 0 Å². The molecule has 1 aromatic heterocycles. The number of fused-ring (bicyclic) bond motifs is 7. The molecule has 0 N–H and O–H groups in total. The highest BCUT2D eigenvalue weighted by atomic mass is 16.5. The van der Waals surface area contributed by atoms with Crippen LogP contribution >= 0.6 is 0 Å². The van der Waals surface area contributed by atoms with E-state index in [9.17, 15) is 9.59 Å². The lowest BCUT2D eigenvalue weighted by molar-refractivity contribution is -0.188. The van der Waals surface area contributed by atoms with E-state index < -0.39 is 10.8 Å². The molecule has 0 radical (unpaired) electrons. The van der Waals surface area contributed by atoms with Gasteiger partial charge in [0.2, 0.25) is 0 Å². The summed E-state index contributed by atoms with van der Waals surface area (Å²) < 4.78 is 6.03. The highest BCUT2D eigenvalue weighted by molar-refractivity contribution is 6.04. The van der Waals surface area contributed by atoms with Crippen molar-refractivity contribution in [3.8, 4) is 0 Å². The Balaban J connectivity index is 1.43. The zero-order chi connectivity index (χ0) is 31.2. The lowest BCUT2D eigenvalue weighted by Crippen LogP contribution is -2.65. The average molecular weight is 586 g/mol. The molecular formula is C39H55NO3. The predicted octanol–water partition coefficient (Wildman–Crippen LogP) is 9.40. The fourth-order valence-corrected chi connectivity index (χ4v) is 11.6. The normalized spacial score (nSPS) is 42.3. The number of esters is 1. The number of pyridine rings is 1. The van der Waals surface area contributed by atoms with Crippen LogP contribution in [0.15, 0.2) is 41.7 Å². The molecule has 0 aromatic carbocycles. The first kappa shape index (κ1) is 30.8. The highest BCUT2D eigenvalue weighted by Gasteiger charge is 2.69. The first-order valence-electron chi connectivity index (χ1n) is 17.1. The molecule has 4 heteroatoms. The molecule has 4 nitrogen and oxygen atoms in total. The first-order valence-corrected chi connectivity index (χ1v) is 17.1. The number of nitrogens with zero attached hydrogens (tertiary/aromatic N) is 1. The molecule has 6 rings (SSSR count). The van der Waals surface area contributed by atoms with Crippen LogP contribution in [-0.4, -0.2) is 22.8 Å². The topological polar surface area (TPSA) is 56.3 Å². The summed E-state index contributed by atoms with van der Waals surface area (Å²) in [5.41, 5.74) is 3.19. The van der Waals surface area contributed by atoms with E-state index >= 15 is 0 Å². The Morgan fingerprint density at radius 2 is 1.63 bits per heavy atom. The van der Waals surface area contributed by atoms with Crippen LogP contribution in [0, 0.1) is 50.2 Å². The second-order valence-electron chi connectivity index (χ2n) is 17.5. The Labute approximate surface area is 260 Å². The number of ketones is 1. The van der Waals surface area contributed by atoms with Gasteiger partial charge in [-0.25, -0.2) is 0 Å². The Kier molecular flexibility index (Phi) is 7.08. The van der Waals surface area contributed by atoms with Crippen LogP contribution in [0.2, 0.25) is 0 Å². The third-order valence-corrected chi connectivity index (χ3v) is 14.0. The molecule has 234 valence electrons. The van der Waals surface area contributed by atoms with Gasteiger partial charge in [0.1, 0.15) is 0 Å². The molecule has 7 atom stereocenters. The minimum absolute atomic E-state index is 0.0191. The van der Waals surface area contributed by atoms with Gasteiger partial charge in [-0.15, -0.1) is 0 Å². The molecule has 0 spiro atoms. The molecule has 1 heterocycles. The number of rotatable bonds is 3. The maximum Gasteiger partial charge on any atom is 0.312 e. The minimum Gasteiger partial charge on any atom is -0.463 e. The van der Waals surface area contributed by atoms with Crippen molar-refractivity contribution in [1.29, 1.82) is 0 Å². The smallest absolute Gasteiger partial charge is 0.312 e. The van der Waals surface area contributed by atoms with Gasteiger partial charge in [-0.1, -0.05) is 60.1 Å². The summed E-state index contributed by atoms with van der Waals surface area (Å²) in [7, 11) is 0. The van der Waals surface area contributed by atoms with Gasteiger partial charge in [0.15, 0.2) is 5.78 Å². The molecular weight excluding hydrogens is 530 g/mol. The number of hydrogen-bond donors (Lipinski definition) is 0. The Bertz CT molecular complexity index is 1370. The van der Waals surface area contributed by atoms with Crippen LogP contribution in [-0.2, 0) is 14.3 Å². The van der Waals surface area contributed by atoms with E-state index in [4.69, 9.17) is 4.74 Å². The first-order chi connectivity index (χ1) is 20.0. The van der Waals surface area contributed by atoms with Crippen LogP contribution in [0.4, 0.5) is 0 Å². The van der Waals surface area contributed by atoms with Gasteiger partial charge >= 0.3 is 5.97 Å². The third-order valence-electron chi connectivity index (χ3n) is 14.0. The van der Waals surface area contributed by atoms with E-state index in [1.54, 1.807) is 5.57 Å². The standard InChI is InChI=1S/C39H55NO3/c1-25(2)43-33(42)39-18-16-34(3,4)24-29(39)28-10-11-31-36(7)23-27(22-26-13-20-40-21-14-26)32(41)35(5,6)30(36)12-15-38(31,9)37(28,8)17-19-39/h10,13-14,20-22,25,29-31H,11-12,15-19,23-24H2,1-9H3/b27-22-/t29-,30-,31+,36-,37+,38+,39-/m0/s1. The molecule has 5 aliphatic carbocycles. The van der Waals surface area contributed by atoms with Crippen LogP contribution in [0.1, 0.15) is 126 Å². The van der Waals surface area contributed by atoms with Crippen molar-refractivity contribution < 1.29 is 14.3 Å². The molecule has 0 aliphatic heterocycles. The second-order valence-corrected chi connectivity index (χ2v) is 17.5. The lowest BCUT2D eigenvalue weighted by Gasteiger charge is -2.70. The van der Waals surface area contributed by atoms with E-state index in [0.29, 0.717) is 17.6 Å². The van der Waals surface area contributed by atoms with Gasteiger partial charge < -0.3 is 4.74 Å². The van der Waals surface area contributed by atoms with E-state index in [1.807, 2.05) is 38.4 Å². The number of carbonyl (C=O) groups excluding carboxylic acids is 2. The largest absolute Gasteiger partial charge is 0.463 e. The maximum absolute atomic E-state index is 14.0. The molecule has 0 bridgehead atoms. The number of aromatic nitrogens is 1. The van der Waals surface area contributed by atoms with Crippen LogP contribution in [0.25, 0.3) is 6.08 Å². The number of allylic oxidation sites excluding steroid dienone is 3. The van der Waals surface area contributed by atoms with Gasteiger partial charge in [0.25, 0.3) is 0 Å². The highest BCUT2D eigenvalue weighted by Crippen LogP contribution is 2.76. The summed E-state index contributed by atoms with van der Waals surface area (Å²) in [6.45, 7) is 20.9. The van der Waals surface area contributed by atoms with Gasteiger partial charge in [-0.2, -0.15) is 0 Å². The average Bonchev–Trinajstić information content (AvgIpc) is 2.92. The Morgan fingerprint density at radius 3 is 2.30 bits per heavy atom. The van der Waals surface area contributed by atoms with Crippen molar-refractivity contribution in [2.75, 3.05) is 0 Å². The second kappa shape index (κ2) is 9.88. The maximum atomic E-state index is 14.0. The molecule has 1 aromatic rings. The number of ether oxygens (including phenoxy) is 1. The summed E-state index contributed by atoms with van der Waals surface area (Å²) in [4.78, 5) is 32.2. The Morgan fingerprint density at radius 1 is 0.953 bits per heavy atom. The summed E-state index contributed by atoms with van der Waals surface area (Å²) >= 11 is 0. The lowest BCUT2D eigenvalue weighted by atomic mass is 9.33. The van der Waals surface area contributed by atoms with Crippen molar-refractivity contribution in [3.63, 3.8) is 0 Å². The van der Waals surface area contributed by atoms with E-state index in [0.717, 1.165) is 68.9 Å². The monoisotopic (exact) mass is 585 g/mol. The van der Waals surface area contributed by atoms with Crippen molar-refractivity contribution >= 4 is 17.8 Å². The van der Waals surface area contributed by atoms with Gasteiger partial charge in [0, 0.05) is 17.8 Å². The Hall–Kier alpha value is -2.23. The SMILES string of the molecule is CC(C)OC(=O)[C@]12CCC(C)(C)C[C@H]1C1=CC[C@@H]3[C@@]4(C)C/C(=C/c5ccncc5)C(=O)C(C)(C)[C@@H]4CC[C@@]3(C)[C@]1(C)CC2. The van der Waals surface area contributed by atoms with Crippen molar-refractivity contribution in [1.82, 2.24) is 4.98 Å². The fourth-order valence-electron chi connectivity index (χ4n) is 11.6. The molecule has 4 fully saturated rings. The van der Waals surface area contributed by atoms with E-state index in [2.05, 4.69) is 65.6 Å². The summed E-state index contributed by atoms with van der Waals surface area (Å²) in [6, 6.07) is 4.02. The third kappa shape index (κ3) is 4.38. The molecule has 4 saturated carbocycles.